The zero-order valence-corrected chi connectivity index (χ0v) is 19.9. The number of methoxy groups -OCH3 is 1. The molecule has 1 aromatic heterocycles. The molecular formula is C24H32N6O4. The minimum Gasteiger partial charge on any atom is -0.495 e. The predicted molar refractivity (Wildman–Crippen MR) is 126 cm³/mol. The van der Waals surface area contributed by atoms with Crippen molar-refractivity contribution in [3.63, 3.8) is 0 Å². The first kappa shape index (κ1) is 23.7. The molecule has 2 aliphatic rings. The second kappa shape index (κ2) is 10.2. The van der Waals surface area contributed by atoms with Gasteiger partial charge >= 0.3 is 5.97 Å². The molecule has 182 valence electrons. The van der Waals surface area contributed by atoms with Crippen LogP contribution in [0, 0.1) is 17.8 Å². The molecule has 2 aromatic rings. The van der Waals surface area contributed by atoms with Gasteiger partial charge in [-0.3, -0.25) is 9.59 Å². The molecule has 1 aliphatic carbocycles. The fourth-order valence-electron chi connectivity index (χ4n) is 4.88. The van der Waals surface area contributed by atoms with Gasteiger partial charge in [0.05, 0.1) is 18.7 Å². The third-order valence-electron chi connectivity index (χ3n) is 6.95. The number of nitrogens with one attached hydrogen (secondary N) is 1. The molecule has 1 amide bonds. The van der Waals surface area contributed by atoms with Crippen molar-refractivity contribution < 1.29 is 19.1 Å². The van der Waals surface area contributed by atoms with Crippen LogP contribution in [0.25, 0.3) is 0 Å². The summed E-state index contributed by atoms with van der Waals surface area (Å²) >= 11 is 0. The van der Waals surface area contributed by atoms with Crippen LogP contribution in [0.3, 0.4) is 0 Å². The van der Waals surface area contributed by atoms with Crippen LogP contribution in [0.1, 0.15) is 45.4 Å². The Morgan fingerprint density at radius 3 is 2.79 bits per heavy atom. The molecule has 1 aliphatic heterocycles. The van der Waals surface area contributed by atoms with Gasteiger partial charge < -0.3 is 25.4 Å². The highest BCUT2D eigenvalue weighted by Crippen LogP contribution is 2.36. The fraction of sp³-hybridized carbons (Fsp3) is 0.542. The molecule has 4 rings (SSSR count). The van der Waals surface area contributed by atoms with Crippen molar-refractivity contribution in [3.8, 4) is 5.75 Å². The zero-order chi connectivity index (χ0) is 24.2. The lowest BCUT2D eigenvalue weighted by atomic mass is 9.77. The second-order valence-electron chi connectivity index (χ2n) is 9.15. The molecule has 2 fully saturated rings. The normalized spacial score (nSPS) is 24.7. The van der Waals surface area contributed by atoms with Crippen LogP contribution < -0.4 is 15.8 Å². The number of carbonyl (C=O) groups excluding carboxylic acids is 2. The molecule has 0 bridgehead atoms. The minimum absolute atomic E-state index is 0.000993. The van der Waals surface area contributed by atoms with Gasteiger partial charge in [-0.05, 0) is 30.4 Å². The fourth-order valence-corrected chi connectivity index (χ4v) is 4.88. The van der Waals surface area contributed by atoms with Gasteiger partial charge in [0.25, 0.3) is 0 Å². The van der Waals surface area contributed by atoms with E-state index in [1.54, 1.807) is 13.2 Å². The smallest absolute Gasteiger partial charge is 0.311 e. The second-order valence-corrected chi connectivity index (χ2v) is 9.15. The Kier molecular flexibility index (Phi) is 7.14. The van der Waals surface area contributed by atoms with Crippen LogP contribution in [0.2, 0.25) is 0 Å². The number of carbonyl (C=O) groups is 2. The zero-order valence-electron chi connectivity index (χ0n) is 19.9. The number of ether oxygens (including phenoxy) is 2. The Labute approximate surface area is 199 Å². The summed E-state index contributed by atoms with van der Waals surface area (Å²) in [6, 6.07) is 7.51. The van der Waals surface area contributed by atoms with Crippen molar-refractivity contribution in [3.05, 3.63) is 30.1 Å². The van der Waals surface area contributed by atoms with E-state index in [4.69, 9.17) is 15.2 Å². The molecule has 1 saturated carbocycles. The molecule has 10 heteroatoms. The van der Waals surface area contributed by atoms with E-state index in [0.717, 1.165) is 12.8 Å². The molecule has 3 N–H and O–H groups in total. The van der Waals surface area contributed by atoms with Gasteiger partial charge in [-0.2, -0.15) is 15.0 Å². The number of benzene rings is 1. The van der Waals surface area contributed by atoms with Gasteiger partial charge in [0, 0.05) is 19.0 Å². The Bertz CT molecular complexity index is 1050. The maximum atomic E-state index is 12.7. The number of anilines is 3. The number of amides is 1. The standard InChI is InChI=1S/C24H32N6O4/c1-14-7-6-9-18(15(14)2)30-12-16(11-21(30)31)22(32)34-13-20-27-23(25)29-24(28-20)26-17-8-4-5-10-19(17)33-3/h4-5,8,10,14-16,18H,6-7,9,11-13H2,1-3H3,(H3,25,26,27,28,29)/t14-,15-,16-,18-/m1/s1. The number of aromatic nitrogens is 3. The van der Waals surface area contributed by atoms with Gasteiger partial charge in [-0.25, -0.2) is 0 Å². The number of hydrogen-bond donors (Lipinski definition) is 2. The first-order valence-electron chi connectivity index (χ1n) is 11.7. The number of esters is 1. The highest BCUT2D eigenvalue weighted by molar-refractivity contribution is 5.87. The summed E-state index contributed by atoms with van der Waals surface area (Å²) in [6.07, 6.45) is 3.47. The summed E-state index contributed by atoms with van der Waals surface area (Å²) in [5.41, 5.74) is 6.49. The lowest BCUT2D eigenvalue weighted by Crippen LogP contribution is -2.45. The Hall–Kier alpha value is -3.43. The van der Waals surface area contributed by atoms with Gasteiger partial charge in [0.2, 0.25) is 17.8 Å². The number of rotatable bonds is 7. The molecular weight excluding hydrogens is 436 g/mol. The van der Waals surface area contributed by atoms with Crippen molar-refractivity contribution in [1.82, 2.24) is 19.9 Å². The number of likely N-dealkylation sites (tertiary alicyclic amines) is 1. The third kappa shape index (κ3) is 5.21. The van der Waals surface area contributed by atoms with Gasteiger partial charge in [-0.1, -0.05) is 38.8 Å². The van der Waals surface area contributed by atoms with E-state index >= 15 is 0 Å². The predicted octanol–water partition coefficient (Wildman–Crippen LogP) is 2.92. The monoisotopic (exact) mass is 468 g/mol. The summed E-state index contributed by atoms with van der Waals surface area (Å²) in [6.45, 7) is 4.68. The topological polar surface area (TPSA) is 133 Å². The number of nitrogens with two attached hydrogens (primary N) is 1. The molecule has 0 radical (unpaired) electrons. The first-order chi connectivity index (χ1) is 16.4. The lowest BCUT2D eigenvalue weighted by Gasteiger charge is -2.39. The summed E-state index contributed by atoms with van der Waals surface area (Å²) < 4.78 is 10.8. The van der Waals surface area contributed by atoms with E-state index in [0.29, 0.717) is 29.8 Å². The Balaban J connectivity index is 1.37. The number of para-hydroxylation sites is 2. The van der Waals surface area contributed by atoms with Gasteiger partial charge in [-0.15, -0.1) is 0 Å². The number of nitrogen functional groups attached to an aromatic ring is 1. The third-order valence-corrected chi connectivity index (χ3v) is 6.95. The SMILES string of the molecule is COc1ccccc1Nc1nc(N)nc(COC(=O)[C@@H]2CC(=O)N([C@@H]3CCC[C@@H](C)[C@H]3C)C2)n1. The quantitative estimate of drug-likeness (QED) is 0.588. The highest BCUT2D eigenvalue weighted by Gasteiger charge is 2.42. The number of nitrogens with zero attached hydrogens (tertiary/aromatic N) is 4. The van der Waals surface area contributed by atoms with Crippen LogP contribution >= 0.6 is 0 Å². The van der Waals surface area contributed by atoms with Crippen LogP contribution in [-0.2, 0) is 20.9 Å². The average Bonchev–Trinajstić information content (AvgIpc) is 3.20. The van der Waals surface area contributed by atoms with Gasteiger partial charge in [0.1, 0.15) is 5.75 Å². The average molecular weight is 469 g/mol. The van der Waals surface area contributed by atoms with Crippen LogP contribution in [-0.4, -0.2) is 51.4 Å². The molecule has 0 spiro atoms. The highest BCUT2D eigenvalue weighted by atomic mass is 16.5. The summed E-state index contributed by atoms with van der Waals surface area (Å²) in [4.78, 5) is 39.8. The minimum atomic E-state index is -0.484. The largest absolute Gasteiger partial charge is 0.495 e. The lowest BCUT2D eigenvalue weighted by molar-refractivity contribution is -0.150. The van der Waals surface area contributed by atoms with Crippen molar-refractivity contribution in [2.75, 3.05) is 24.7 Å². The molecule has 0 unspecified atom stereocenters. The van der Waals surface area contributed by atoms with E-state index in [1.807, 2.05) is 23.1 Å². The maximum absolute atomic E-state index is 12.7. The van der Waals surface area contributed by atoms with E-state index in [-0.39, 0.29) is 42.7 Å². The van der Waals surface area contributed by atoms with E-state index in [9.17, 15) is 9.59 Å². The van der Waals surface area contributed by atoms with Crippen LogP contribution in [0.15, 0.2) is 24.3 Å². The van der Waals surface area contributed by atoms with Crippen molar-refractivity contribution in [2.24, 2.45) is 17.8 Å². The van der Waals surface area contributed by atoms with Crippen molar-refractivity contribution in [1.29, 1.82) is 0 Å². The van der Waals surface area contributed by atoms with E-state index < -0.39 is 11.9 Å². The van der Waals surface area contributed by atoms with E-state index in [1.165, 1.54) is 6.42 Å². The molecule has 4 atom stereocenters. The Morgan fingerprint density at radius 1 is 1.21 bits per heavy atom. The maximum Gasteiger partial charge on any atom is 0.311 e. The molecule has 1 saturated heterocycles. The van der Waals surface area contributed by atoms with Crippen LogP contribution in [0.4, 0.5) is 17.6 Å². The molecule has 34 heavy (non-hydrogen) atoms. The van der Waals surface area contributed by atoms with Crippen molar-refractivity contribution >= 4 is 29.5 Å². The number of hydrogen-bond acceptors (Lipinski definition) is 9. The molecule has 2 heterocycles. The van der Waals surface area contributed by atoms with Crippen LogP contribution in [0.5, 0.6) is 5.75 Å². The van der Waals surface area contributed by atoms with Gasteiger partial charge in [0.15, 0.2) is 12.4 Å². The molecule has 10 nitrogen and oxygen atoms in total. The Morgan fingerprint density at radius 2 is 2.00 bits per heavy atom. The van der Waals surface area contributed by atoms with Crippen molar-refractivity contribution in [2.45, 2.75) is 52.2 Å². The molecule has 1 aromatic carbocycles. The van der Waals surface area contributed by atoms with E-state index in [2.05, 4.69) is 34.1 Å². The first-order valence-corrected chi connectivity index (χ1v) is 11.7. The summed E-state index contributed by atoms with van der Waals surface area (Å²) in [7, 11) is 1.57. The summed E-state index contributed by atoms with van der Waals surface area (Å²) in [5.74, 6) is 1.17. The summed E-state index contributed by atoms with van der Waals surface area (Å²) in [5, 5.41) is 3.04.